The molecule has 0 spiro atoms. The van der Waals surface area contributed by atoms with E-state index in [0.717, 1.165) is 13.0 Å². The Kier molecular flexibility index (Phi) is 2.45. The third-order valence-electron chi connectivity index (χ3n) is 1.91. The fraction of sp³-hybridized carbons (Fsp3) is 0.400. The average Bonchev–Trinajstić information content (AvgIpc) is 2.88. The number of hydrogen-bond donors (Lipinski definition) is 0. The minimum Gasteiger partial charge on any atom is -0.493 e. The van der Waals surface area contributed by atoms with Gasteiger partial charge in [0.2, 0.25) is 0 Å². The van der Waals surface area contributed by atoms with E-state index in [4.69, 9.17) is 9.47 Å². The first kappa shape index (κ1) is 8.51. The van der Waals surface area contributed by atoms with Crippen molar-refractivity contribution < 1.29 is 13.9 Å². The Bertz CT molecular complexity index is 284. The highest BCUT2D eigenvalue weighted by Gasteiger charge is 2.21. The predicted molar refractivity (Wildman–Crippen MR) is 46.3 cm³/mol. The second kappa shape index (κ2) is 3.75. The molecule has 1 atom stereocenters. The molecule has 0 N–H and O–H groups in total. The standard InChI is InChI=1S/C10H11FO2/c11-8-2-1-3-9(6-8)12-5-4-10-7-13-10/h1-3,6,10H,4-5,7H2/t10-/m0/s1. The molecule has 0 radical (unpaired) electrons. The molecule has 1 heterocycles. The molecule has 2 rings (SSSR count). The molecule has 0 bridgehead atoms. The fourth-order valence-corrected chi connectivity index (χ4v) is 1.10. The van der Waals surface area contributed by atoms with Gasteiger partial charge < -0.3 is 9.47 Å². The van der Waals surface area contributed by atoms with Gasteiger partial charge in [-0.25, -0.2) is 4.39 Å². The summed E-state index contributed by atoms with van der Waals surface area (Å²) in [5.41, 5.74) is 0. The number of halogens is 1. The first-order valence-electron chi connectivity index (χ1n) is 4.34. The summed E-state index contributed by atoms with van der Waals surface area (Å²) >= 11 is 0. The Balaban J connectivity index is 1.79. The lowest BCUT2D eigenvalue weighted by atomic mass is 10.3. The van der Waals surface area contributed by atoms with E-state index in [0.29, 0.717) is 18.5 Å². The first-order chi connectivity index (χ1) is 6.34. The second-order valence-corrected chi connectivity index (χ2v) is 3.05. The molecule has 1 saturated heterocycles. The van der Waals surface area contributed by atoms with Crippen molar-refractivity contribution in [1.82, 2.24) is 0 Å². The van der Waals surface area contributed by atoms with Crippen LogP contribution in [0.4, 0.5) is 4.39 Å². The van der Waals surface area contributed by atoms with E-state index in [9.17, 15) is 4.39 Å². The molecule has 0 aromatic heterocycles. The zero-order valence-electron chi connectivity index (χ0n) is 7.20. The summed E-state index contributed by atoms with van der Waals surface area (Å²) in [5.74, 6) is 0.320. The van der Waals surface area contributed by atoms with Gasteiger partial charge in [0.1, 0.15) is 11.6 Å². The molecule has 1 aliphatic heterocycles. The SMILES string of the molecule is Fc1cccc(OCC[C@H]2CO2)c1. The molecule has 1 fully saturated rings. The van der Waals surface area contributed by atoms with Gasteiger partial charge in [-0.3, -0.25) is 0 Å². The number of ether oxygens (including phenoxy) is 2. The van der Waals surface area contributed by atoms with Gasteiger partial charge in [-0.1, -0.05) is 6.07 Å². The van der Waals surface area contributed by atoms with E-state index in [-0.39, 0.29) is 5.82 Å². The van der Waals surface area contributed by atoms with E-state index in [1.165, 1.54) is 12.1 Å². The van der Waals surface area contributed by atoms with Crippen molar-refractivity contribution >= 4 is 0 Å². The molecule has 13 heavy (non-hydrogen) atoms. The summed E-state index contributed by atoms with van der Waals surface area (Å²) in [5, 5.41) is 0. The summed E-state index contributed by atoms with van der Waals surface area (Å²) in [6, 6.07) is 6.17. The number of rotatable bonds is 4. The van der Waals surface area contributed by atoms with Crippen molar-refractivity contribution in [2.75, 3.05) is 13.2 Å². The summed E-state index contributed by atoms with van der Waals surface area (Å²) in [4.78, 5) is 0. The number of epoxide rings is 1. The quantitative estimate of drug-likeness (QED) is 0.664. The van der Waals surface area contributed by atoms with Crippen LogP contribution >= 0.6 is 0 Å². The van der Waals surface area contributed by atoms with Crippen LogP contribution < -0.4 is 4.74 Å². The molecule has 1 aromatic rings. The molecule has 3 heteroatoms. The van der Waals surface area contributed by atoms with Crippen molar-refractivity contribution in [2.24, 2.45) is 0 Å². The minimum atomic E-state index is -0.264. The maximum Gasteiger partial charge on any atom is 0.126 e. The van der Waals surface area contributed by atoms with Crippen molar-refractivity contribution in [2.45, 2.75) is 12.5 Å². The van der Waals surface area contributed by atoms with Crippen LogP contribution in [0.25, 0.3) is 0 Å². The van der Waals surface area contributed by atoms with Crippen molar-refractivity contribution in [1.29, 1.82) is 0 Å². The van der Waals surface area contributed by atoms with Crippen LogP contribution in [0.1, 0.15) is 6.42 Å². The first-order valence-corrected chi connectivity index (χ1v) is 4.34. The van der Waals surface area contributed by atoms with Crippen LogP contribution in [0.5, 0.6) is 5.75 Å². The predicted octanol–water partition coefficient (Wildman–Crippen LogP) is 1.99. The second-order valence-electron chi connectivity index (χ2n) is 3.05. The maximum absolute atomic E-state index is 12.7. The highest BCUT2D eigenvalue weighted by molar-refractivity contribution is 5.22. The van der Waals surface area contributed by atoms with Crippen molar-refractivity contribution in [3.63, 3.8) is 0 Å². The maximum atomic E-state index is 12.7. The lowest BCUT2D eigenvalue weighted by Crippen LogP contribution is -2.00. The van der Waals surface area contributed by atoms with Crippen LogP contribution in [-0.2, 0) is 4.74 Å². The van der Waals surface area contributed by atoms with E-state index in [1.54, 1.807) is 12.1 Å². The minimum absolute atomic E-state index is 0.264. The number of benzene rings is 1. The normalized spacial score (nSPS) is 19.9. The lowest BCUT2D eigenvalue weighted by molar-refractivity contribution is 0.282. The van der Waals surface area contributed by atoms with Gasteiger partial charge in [0.05, 0.1) is 19.3 Å². The Morgan fingerprint density at radius 3 is 3.08 bits per heavy atom. The zero-order chi connectivity index (χ0) is 9.10. The van der Waals surface area contributed by atoms with Gasteiger partial charge in [0, 0.05) is 12.5 Å². The summed E-state index contributed by atoms with van der Waals surface area (Å²) < 4.78 is 23.0. The van der Waals surface area contributed by atoms with Crippen LogP contribution in [0, 0.1) is 5.82 Å². The molecular weight excluding hydrogens is 171 g/mol. The Morgan fingerprint density at radius 2 is 2.38 bits per heavy atom. The molecule has 0 unspecified atom stereocenters. The van der Waals surface area contributed by atoms with Gasteiger partial charge in [-0.05, 0) is 12.1 Å². The zero-order valence-corrected chi connectivity index (χ0v) is 7.20. The summed E-state index contributed by atoms with van der Waals surface area (Å²) in [6.07, 6.45) is 1.25. The van der Waals surface area contributed by atoms with Crippen molar-refractivity contribution in [3.8, 4) is 5.75 Å². The van der Waals surface area contributed by atoms with Gasteiger partial charge in [0.15, 0.2) is 0 Å². The fourth-order valence-electron chi connectivity index (χ4n) is 1.10. The summed E-state index contributed by atoms with van der Waals surface area (Å²) in [7, 11) is 0. The summed E-state index contributed by atoms with van der Waals surface area (Å²) in [6.45, 7) is 1.43. The van der Waals surface area contributed by atoms with Gasteiger partial charge in [0.25, 0.3) is 0 Å². The van der Waals surface area contributed by atoms with Crippen LogP contribution in [0.3, 0.4) is 0 Å². The average molecular weight is 182 g/mol. The van der Waals surface area contributed by atoms with Crippen LogP contribution in [0.2, 0.25) is 0 Å². The highest BCUT2D eigenvalue weighted by atomic mass is 19.1. The lowest BCUT2D eigenvalue weighted by Gasteiger charge is -2.03. The van der Waals surface area contributed by atoms with Gasteiger partial charge >= 0.3 is 0 Å². The van der Waals surface area contributed by atoms with E-state index in [1.807, 2.05) is 0 Å². The van der Waals surface area contributed by atoms with E-state index >= 15 is 0 Å². The molecular formula is C10H11FO2. The smallest absolute Gasteiger partial charge is 0.126 e. The number of hydrogen-bond acceptors (Lipinski definition) is 2. The van der Waals surface area contributed by atoms with Gasteiger partial charge in [-0.2, -0.15) is 0 Å². The Hall–Kier alpha value is -1.09. The molecule has 70 valence electrons. The Labute approximate surface area is 76.3 Å². The highest BCUT2D eigenvalue weighted by Crippen LogP contribution is 2.16. The molecule has 1 aromatic carbocycles. The molecule has 0 aliphatic carbocycles. The van der Waals surface area contributed by atoms with Crippen LogP contribution in [-0.4, -0.2) is 19.3 Å². The van der Waals surface area contributed by atoms with Gasteiger partial charge in [-0.15, -0.1) is 0 Å². The van der Waals surface area contributed by atoms with E-state index < -0.39 is 0 Å². The topological polar surface area (TPSA) is 21.8 Å². The van der Waals surface area contributed by atoms with Crippen LogP contribution in [0.15, 0.2) is 24.3 Å². The molecule has 0 saturated carbocycles. The molecule has 1 aliphatic rings. The Morgan fingerprint density at radius 1 is 1.54 bits per heavy atom. The third-order valence-corrected chi connectivity index (χ3v) is 1.91. The molecule has 2 nitrogen and oxygen atoms in total. The molecule has 0 amide bonds. The van der Waals surface area contributed by atoms with Crippen molar-refractivity contribution in [3.05, 3.63) is 30.1 Å². The van der Waals surface area contributed by atoms with E-state index in [2.05, 4.69) is 0 Å². The monoisotopic (exact) mass is 182 g/mol. The largest absolute Gasteiger partial charge is 0.493 e. The third kappa shape index (κ3) is 2.70.